The summed E-state index contributed by atoms with van der Waals surface area (Å²) in [4.78, 5) is 23.5. The lowest BCUT2D eigenvalue weighted by Gasteiger charge is -2.40. The van der Waals surface area contributed by atoms with Crippen LogP contribution in [0.5, 0.6) is 0 Å². The first-order valence-electron chi connectivity index (χ1n) is 7.98. The van der Waals surface area contributed by atoms with E-state index in [1.165, 1.54) is 18.2 Å². The van der Waals surface area contributed by atoms with E-state index in [1.54, 1.807) is 12.1 Å². The molecule has 0 atom stereocenters. The first-order chi connectivity index (χ1) is 11.9. The average Bonchev–Trinajstić information content (AvgIpc) is 2.54. The summed E-state index contributed by atoms with van der Waals surface area (Å²) in [5.41, 5.74) is 0.170. The van der Waals surface area contributed by atoms with Gasteiger partial charge in [0, 0.05) is 18.2 Å². The molecule has 0 aromatic heterocycles. The number of carboxylic acids is 1. The van der Waals surface area contributed by atoms with Crippen LogP contribution in [0.3, 0.4) is 0 Å². The second kappa shape index (κ2) is 6.63. The van der Waals surface area contributed by atoms with Crippen molar-refractivity contribution >= 4 is 11.9 Å². The predicted molar refractivity (Wildman–Crippen MR) is 87.1 cm³/mol. The Kier molecular flexibility index (Phi) is 4.53. The molecule has 4 nitrogen and oxygen atoms in total. The molecule has 0 bridgehead atoms. The zero-order chi connectivity index (χ0) is 18.0. The molecule has 1 saturated carbocycles. The fourth-order valence-corrected chi connectivity index (χ4v) is 3.14. The number of benzene rings is 2. The zero-order valence-electron chi connectivity index (χ0n) is 13.4. The van der Waals surface area contributed by atoms with Crippen molar-refractivity contribution in [1.29, 1.82) is 0 Å². The molecule has 0 aliphatic heterocycles. The number of halogens is 2. The zero-order valence-corrected chi connectivity index (χ0v) is 13.4. The average molecular weight is 345 g/mol. The van der Waals surface area contributed by atoms with Crippen molar-refractivity contribution in [2.24, 2.45) is 0 Å². The highest BCUT2D eigenvalue weighted by atomic mass is 19.1. The molecule has 3 rings (SSSR count). The molecule has 2 aromatic rings. The Bertz CT molecular complexity index is 814. The normalized spacial score (nSPS) is 15.3. The van der Waals surface area contributed by atoms with Gasteiger partial charge in [0.05, 0.1) is 11.0 Å². The summed E-state index contributed by atoms with van der Waals surface area (Å²) in [7, 11) is 0. The molecule has 0 saturated heterocycles. The standard InChI is InChI=1S/C19H17F2NO3/c20-14-6-7-15(16(21)10-14)19(8-1-9-19)18(25)22-11-12-2-4-13(5-3-12)17(23)24/h2-7,10H,1,8-9,11H2,(H,22,25)(H,23,24). The molecule has 25 heavy (non-hydrogen) atoms. The Labute approximate surface area is 143 Å². The molecular formula is C19H17F2NO3. The fraction of sp³-hybridized carbons (Fsp3) is 0.263. The van der Waals surface area contributed by atoms with Crippen molar-refractivity contribution in [3.63, 3.8) is 0 Å². The van der Waals surface area contributed by atoms with E-state index in [2.05, 4.69) is 5.32 Å². The minimum atomic E-state index is -1.02. The third kappa shape index (κ3) is 3.24. The second-order valence-electron chi connectivity index (χ2n) is 6.24. The monoisotopic (exact) mass is 345 g/mol. The maximum absolute atomic E-state index is 14.1. The summed E-state index contributed by atoms with van der Waals surface area (Å²) in [5.74, 6) is -2.70. The van der Waals surface area contributed by atoms with Crippen LogP contribution in [0.25, 0.3) is 0 Å². The Hall–Kier alpha value is -2.76. The summed E-state index contributed by atoms with van der Waals surface area (Å²) in [6.07, 6.45) is 1.83. The molecule has 6 heteroatoms. The Morgan fingerprint density at radius 3 is 2.28 bits per heavy atom. The van der Waals surface area contributed by atoms with Crippen molar-refractivity contribution < 1.29 is 23.5 Å². The SMILES string of the molecule is O=C(O)c1ccc(CNC(=O)C2(c3ccc(F)cc3F)CCC2)cc1. The van der Waals surface area contributed by atoms with E-state index in [-0.39, 0.29) is 23.6 Å². The van der Waals surface area contributed by atoms with Gasteiger partial charge in [0.25, 0.3) is 0 Å². The number of hydrogen-bond acceptors (Lipinski definition) is 2. The van der Waals surface area contributed by atoms with Gasteiger partial charge in [0.15, 0.2) is 0 Å². The minimum absolute atomic E-state index is 0.166. The molecule has 2 aromatic carbocycles. The van der Waals surface area contributed by atoms with Crippen LogP contribution >= 0.6 is 0 Å². The molecule has 0 unspecified atom stereocenters. The lowest BCUT2D eigenvalue weighted by atomic mass is 9.63. The van der Waals surface area contributed by atoms with Crippen molar-refractivity contribution in [3.05, 3.63) is 70.8 Å². The maximum atomic E-state index is 14.1. The topological polar surface area (TPSA) is 66.4 Å². The van der Waals surface area contributed by atoms with Gasteiger partial charge in [0.1, 0.15) is 11.6 Å². The first-order valence-corrected chi connectivity index (χ1v) is 7.98. The maximum Gasteiger partial charge on any atom is 0.335 e. The number of aromatic carboxylic acids is 1. The highest BCUT2D eigenvalue weighted by Crippen LogP contribution is 2.45. The summed E-state index contributed by atoms with van der Waals surface area (Å²) in [6.45, 7) is 0.212. The molecule has 1 aliphatic rings. The Morgan fingerprint density at radius 2 is 1.76 bits per heavy atom. The number of carbonyl (C=O) groups is 2. The quantitative estimate of drug-likeness (QED) is 0.873. The number of rotatable bonds is 5. The number of carbonyl (C=O) groups excluding carboxylic acids is 1. The summed E-state index contributed by atoms with van der Waals surface area (Å²) >= 11 is 0. The van der Waals surface area contributed by atoms with Crippen LogP contribution in [0.4, 0.5) is 8.78 Å². The van der Waals surface area contributed by atoms with Crippen LogP contribution in [0.2, 0.25) is 0 Å². The van der Waals surface area contributed by atoms with Crippen molar-refractivity contribution in [2.75, 3.05) is 0 Å². The summed E-state index contributed by atoms with van der Waals surface area (Å²) in [5, 5.41) is 11.7. The molecule has 0 heterocycles. The molecule has 1 amide bonds. The van der Waals surface area contributed by atoms with Gasteiger partial charge < -0.3 is 10.4 Å². The lowest BCUT2D eigenvalue weighted by molar-refractivity contribution is -0.130. The molecule has 0 radical (unpaired) electrons. The van der Waals surface area contributed by atoms with E-state index in [1.807, 2.05) is 0 Å². The molecular weight excluding hydrogens is 328 g/mol. The van der Waals surface area contributed by atoms with E-state index >= 15 is 0 Å². The van der Waals surface area contributed by atoms with Crippen molar-refractivity contribution in [1.82, 2.24) is 5.32 Å². The van der Waals surface area contributed by atoms with E-state index in [4.69, 9.17) is 5.11 Å². The highest BCUT2D eigenvalue weighted by molar-refractivity contribution is 5.89. The number of amides is 1. The van der Waals surface area contributed by atoms with Gasteiger partial charge in [-0.05, 0) is 36.6 Å². The second-order valence-corrected chi connectivity index (χ2v) is 6.24. The minimum Gasteiger partial charge on any atom is -0.478 e. The number of hydrogen-bond donors (Lipinski definition) is 2. The first kappa shape index (κ1) is 17.1. The van der Waals surface area contributed by atoms with Crippen LogP contribution in [0.15, 0.2) is 42.5 Å². The van der Waals surface area contributed by atoms with E-state index in [0.717, 1.165) is 24.1 Å². The van der Waals surface area contributed by atoms with Crippen LogP contribution in [-0.2, 0) is 16.8 Å². The van der Waals surface area contributed by atoms with Gasteiger partial charge in [-0.2, -0.15) is 0 Å². The molecule has 0 spiro atoms. The summed E-state index contributed by atoms with van der Waals surface area (Å²) in [6, 6.07) is 9.46. The Balaban J connectivity index is 1.73. The van der Waals surface area contributed by atoms with E-state index in [9.17, 15) is 18.4 Å². The lowest BCUT2D eigenvalue weighted by Crippen LogP contribution is -2.49. The molecule has 1 fully saturated rings. The third-order valence-corrected chi connectivity index (χ3v) is 4.74. The van der Waals surface area contributed by atoms with Crippen LogP contribution in [0.1, 0.15) is 40.7 Å². The van der Waals surface area contributed by atoms with Crippen LogP contribution in [0, 0.1) is 11.6 Å². The largest absolute Gasteiger partial charge is 0.478 e. The van der Waals surface area contributed by atoms with E-state index < -0.39 is 23.0 Å². The smallest absolute Gasteiger partial charge is 0.335 e. The van der Waals surface area contributed by atoms with Crippen LogP contribution < -0.4 is 5.32 Å². The van der Waals surface area contributed by atoms with Crippen molar-refractivity contribution in [2.45, 2.75) is 31.2 Å². The molecule has 130 valence electrons. The van der Waals surface area contributed by atoms with Gasteiger partial charge >= 0.3 is 5.97 Å². The third-order valence-electron chi connectivity index (χ3n) is 4.74. The van der Waals surface area contributed by atoms with Gasteiger partial charge in [-0.25, -0.2) is 13.6 Å². The van der Waals surface area contributed by atoms with E-state index in [0.29, 0.717) is 12.8 Å². The number of carboxylic acid groups (broad SMARTS) is 1. The highest BCUT2D eigenvalue weighted by Gasteiger charge is 2.47. The van der Waals surface area contributed by atoms with Gasteiger partial charge in [0.2, 0.25) is 5.91 Å². The predicted octanol–water partition coefficient (Wildman–Crippen LogP) is 3.40. The van der Waals surface area contributed by atoms with Gasteiger partial charge in [-0.1, -0.05) is 24.6 Å². The Morgan fingerprint density at radius 1 is 1.08 bits per heavy atom. The van der Waals surface area contributed by atoms with Crippen molar-refractivity contribution in [3.8, 4) is 0 Å². The fourth-order valence-electron chi connectivity index (χ4n) is 3.14. The van der Waals surface area contributed by atoms with Gasteiger partial charge in [-0.15, -0.1) is 0 Å². The number of nitrogens with one attached hydrogen (secondary N) is 1. The molecule has 1 aliphatic carbocycles. The van der Waals surface area contributed by atoms with Crippen LogP contribution in [-0.4, -0.2) is 17.0 Å². The summed E-state index contributed by atoms with van der Waals surface area (Å²) < 4.78 is 27.3. The van der Waals surface area contributed by atoms with Gasteiger partial charge in [-0.3, -0.25) is 4.79 Å². The molecule has 2 N–H and O–H groups in total.